The lowest BCUT2D eigenvalue weighted by molar-refractivity contribution is -0.147. The summed E-state index contributed by atoms with van der Waals surface area (Å²) in [6.07, 6.45) is 2.08. The molecule has 1 saturated carbocycles. The van der Waals surface area contributed by atoms with Crippen molar-refractivity contribution >= 4 is 5.97 Å². The zero-order valence-corrected chi connectivity index (χ0v) is 13.6. The van der Waals surface area contributed by atoms with E-state index in [1.54, 1.807) is 7.05 Å². The number of nitrogens with one attached hydrogen (secondary N) is 1. The molecule has 1 aliphatic carbocycles. The summed E-state index contributed by atoms with van der Waals surface area (Å²) in [5, 5.41) is 12.8. The Hall–Kier alpha value is -0.690. The number of hydrogen-bond acceptors (Lipinski definition) is 5. The number of carboxylic acid groups (broad SMARTS) is 1. The highest BCUT2D eigenvalue weighted by molar-refractivity contribution is 5.80. The van der Waals surface area contributed by atoms with Crippen LogP contribution in [-0.2, 0) is 4.79 Å². The second kappa shape index (κ2) is 7.05. The third-order valence-electron chi connectivity index (χ3n) is 4.90. The first kappa shape index (κ1) is 16.7. The highest BCUT2D eigenvalue weighted by Gasteiger charge is 2.51. The summed E-state index contributed by atoms with van der Waals surface area (Å²) in [6.45, 7) is 6.83. The molecule has 2 rings (SSSR count). The van der Waals surface area contributed by atoms with Crippen LogP contribution in [0.4, 0.5) is 0 Å². The minimum Gasteiger partial charge on any atom is -0.480 e. The molecule has 1 unspecified atom stereocenters. The monoisotopic (exact) mass is 298 g/mol. The third kappa shape index (κ3) is 4.16. The maximum absolute atomic E-state index is 11.7. The second-order valence-electron chi connectivity index (χ2n) is 6.72. The van der Waals surface area contributed by atoms with Gasteiger partial charge in [-0.2, -0.15) is 0 Å². The fourth-order valence-corrected chi connectivity index (χ4v) is 3.20. The topological polar surface area (TPSA) is 59.0 Å². The molecule has 0 aromatic carbocycles. The Kier molecular flexibility index (Phi) is 5.60. The van der Waals surface area contributed by atoms with Gasteiger partial charge < -0.3 is 15.3 Å². The summed E-state index contributed by atoms with van der Waals surface area (Å²) in [7, 11) is 5.99. The zero-order chi connectivity index (χ0) is 15.5. The van der Waals surface area contributed by atoms with Crippen molar-refractivity contribution in [1.82, 2.24) is 20.0 Å². The van der Waals surface area contributed by atoms with E-state index in [1.807, 2.05) is 0 Å². The molecule has 122 valence electrons. The molecule has 6 heteroatoms. The van der Waals surface area contributed by atoms with E-state index < -0.39 is 11.5 Å². The molecule has 2 N–H and O–H groups in total. The van der Waals surface area contributed by atoms with Gasteiger partial charge in [0.1, 0.15) is 5.54 Å². The van der Waals surface area contributed by atoms with Crippen LogP contribution in [-0.4, -0.2) is 98.3 Å². The summed E-state index contributed by atoms with van der Waals surface area (Å²) >= 11 is 0. The lowest BCUT2D eigenvalue weighted by atomic mass is 9.92. The minimum atomic E-state index is -0.744. The maximum atomic E-state index is 11.7. The number of nitrogens with zero attached hydrogens (tertiary/aromatic N) is 3. The van der Waals surface area contributed by atoms with E-state index in [0.717, 1.165) is 52.1 Å². The Balaban J connectivity index is 1.83. The van der Waals surface area contributed by atoms with Gasteiger partial charge in [0.15, 0.2) is 0 Å². The molecule has 0 aromatic rings. The van der Waals surface area contributed by atoms with Crippen LogP contribution in [0.15, 0.2) is 0 Å². The van der Waals surface area contributed by atoms with Crippen molar-refractivity contribution in [1.29, 1.82) is 0 Å². The van der Waals surface area contributed by atoms with Gasteiger partial charge in [0.2, 0.25) is 0 Å². The van der Waals surface area contributed by atoms with Gasteiger partial charge in [-0.15, -0.1) is 0 Å². The smallest absolute Gasteiger partial charge is 0.325 e. The van der Waals surface area contributed by atoms with Gasteiger partial charge in [-0.3, -0.25) is 14.6 Å². The molecule has 2 aliphatic rings. The van der Waals surface area contributed by atoms with Crippen LogP contribution in [0.25, 0.3) is 0 Å². The van der Waals surface area contributed by atoms with Crippen LogP contribution >= 0.6 is 0 Å². The molecule has 0 radical (unpaired) electrons. The van der Waals surface area contributed by atoms with Crippen LogP contribution in [0.2, 0.25) is 0 Å². The number of likely N-dealkylation sites (N-methyl/N-ethyl adjacent to an activating group) is 2. The fourth-order valence-electron chi connectivity index (χ4n) is 3.20. The number of carboxylic acids is 1. The highest BCUT2D eigenvalue weighted by atomic mass is 16.4. The largest absolute Gasteiger partial charge is 0.480 e. The standard InChI is InChI=1S/C15H30N4O2/c1-16-15(14(20)21,13-4-5-13)12-19-10-8-18(9-11-19)7-6-17(2)3/h13,16H,4-12H2,1-3H3,(H,20,21). The molecule has 1 atom stereocenters. The highest BCUT2D eigenvalue weighted by Crippen LogP contribution is 2.40. The predicted molar refractivity (Wildman–Crippen MR) is 83.6 cm³/mol. The van der Waals surface area contributed by atoms with E-state index in [2.05, 4.69) is 34.1 Å². The van der Waals surface area contributed by atoms with Gasteiger partial charge in [-0.25, -0.2) is 0 Å². The number of piperazine rings is 1. The quantitative estimate of drug-likeness (QED) is 0.637. The molecule has 1 heterocycles. The lowest BCUT2D eigenvalue weighted by Crippen LogP contribution is -2.62. The van der Waals surface area contributed by atoms with Gasteiger partial charge in [0.05, 0.1) is 0 Å². The molecule has 0 aromatic heterocycles. The van der Waals surface area contributed by atoms with Crippen LogP contribution < -0.4 is 5.32 Å². The van der Waals surface area contributed by atoms with E-state index in [-0.39, 0.29) is 0 Å². The van der Waals surface area contributed by atoms with Crippen molar-refractivity contribution < 1.29 is 9.90 Å². The Morgan fingerprint density at radius 1 is 1.24 bits per heavy atom. The van der Waals surface area contributed by atoms with Gasteiger partial charge in [-0.1, -0.05) is 0 Å². The van der Waals surface area contributed by atoms with E-state index in [4.69, 9.17) is 0 Å². The third-order valence-corrected chi connectivity index (χ3v) is 4.90. The molecular formula is C15H30N4O2. The normalized spacial score (nSPS) is 24.2. The number of carbonyl (C=O) groups is 1. The Morgan fingerprint density at radius 3 is 2.24 bits per heavy atom. The van der Waals surface area contributed by atoms with E-state index in [1.165, 1.54) is 0 Å². The van der Waals surface area contributed by atoms with Crippen molar-refractivity contribution in [2.75, 3.05) is 67.0 Å². The van der Waals surface area contributed by atoms with Crippen molar-refractivity contribution in [3.05, 3.63) is 0 Å². The maximum Gasteiger partial charge on any atom is 0.325 e. The zero-order valence-electron chi connectivity index (χ0n) is 13.6. The van der Waals surface area contributed by atoms with Crippen molar-refractivity contribution in [2.45, 2.75) is 18.4 Å². The summed E-state index contributed by atoms with van der Waals surface area (Å²) in [5.74, 6) is -0.394. The summed E-state index contributed by atoms with van der Waals surface area (Å²) in [6, 6.07) is 0. The van der Waals surface area contributed by atoms with Gasteiger partial charge >= 0.3 is 5.97 Å². The fraction of sp³-hybridized carbons (Fsp3) is 0.933. The number of rotatable bonds is 8. The van der Waals surface area contributed by atoms with Crippen LogP contribution in [0.5, 0.6) is 0 Å². The molecule has 0 amide bonds. The molecule has 2 fully saturated rings. The van der Waals surface area contributed by atoms with Crippen molar-refractivity contribution in [2.24, 2.45) is 5.92 Å². The SMILES string of the molecule is CNC(CN1CCN(CCN(C)C)CC1)(C(=O)O)C1CC1. The van der Waals surface area contributed by atoms with Gasteiger partial charge in [-0.05, 0) is 39.9 Å². The molecule has 21 heavy (non-hydrogen) atoms. The molecule has 0 spiro atoms. The molecule has 0 bridgehead atoms. The molecule has 1 saturated heterocycles. The van der Waals surface area contributed by atoms with Crippen LogP contribution in [0.3, 0.4) is 0 Å². The number of aliphatic carboxylic acids is 1. The molecule has 1 aliphatic heterocycles. The number of hydrogen-bond donors (Lipinski definition) is 2. The van der Waals surface area contributed by atoms with Gasteiger partial charge in [0, 0.05) is 45.8 Å². The average molecular weight is 298 g/mol. The first-order chi connectivity index (χ1) is 9.98. The van der Waals surface area contributed by atoms with E-state index in [9.17, 15) is 9.90 Å². The van der Waals surface area contributed by atoms with Crippen molar-refractivity contribution in [3.63, 3.8) is 0 Å². The Labute approximate surface area is 128 Å². The average Bonchev–Trinajstić information content (AvgIpc) is 3.28. The first-order valence-corrected chi connectivity index (χ1v) is 7.99. The Bertz CT molecular complexity index is 352. The summed E-state index contributed by atoms with van der Waals surface area (Å²) in [4.78, 5) is 18.7. The predicted octanol–water partition coefficient (Wildman–Crippen LogP) is -0.382. The summed E-state index contributed by atoms with van der Waals surface area (Å²) < 4.78 is 0. The van der Waals surface area contributed by atoms with Crippen LogP contribution in [0.1, 0.15) is 12.8 Å². The van der Waals surface area contributed by atoms with Crippen LogP contribution in [0, 0.1) is 5.92 Å². The van der Waals surface area contributed by atoms with Crippen molar-refractivity contribution in [3.8, 4) is 0 Å². The summed E-state index contributed by atoms with van der Waals surface area (Å²) in [5.41, 5.74) is -0.744. The van der Waals surface area contributed by atoms with E-state index >= 15 is 0 Å². The minimum absolute atomic E-state index is 0.298. The van der Waals surface area contributed by atoms with Gasteiger partial charge in [0.25, 0.3) is 0 Å². The van der Waals surface area contributed by atoms with E-state index in [0.29, 0.717) is 12.5 Å². The second-order valence-corrected chi connectivity index (χ2v) is 6.72. The molecular weight excluding hydrogens is 268 g/mol. The lowest BCUT2D eigenvalue weighted by Gasteiger charge is -2.40. The Morgan fingerprint density at radius 2 is 1.81 bits per heavy atom. The molecule has 6 nitrogen and oxygen atoms in total. The first-order valence-electron chi connectivity index (χ1n) is 7.99.